The minimum Gasteiger partial charge on any atom is -0.305 e. The molecule has 0 fully saturated rings. The topological polar surface area (TPSA) is 45.8 Å². The zero-order valence-corrected chi connectivity index (χ0v) is 14.9. The summed E-state index contributed by atoms with van der Waals surface area (Å²) in [4.78, 5) is 22.1. The second-order valence-corrected chi connectivity index (χ2v) is 8.27. The van der Waals surface area contributed by atoms with Crippen LogP contribution < -0.4 is 5.56 Å². The highest BCUT2D eigenvalue weighted by Gasteiger charge is 2.23. The first kappa shape index (κ1) is 15.1. The fraction of sp³-hybridized carbons (Fsp3) is 0.294. The number of nitrogens with zero attached hydrogens (tertiary/aromatic N) is 1. The van der Waals surface area contributed by atoms with Crippen LogP contribution in [0.25, 0.3) is 21.3 Å². The van der Waals surface area contributed by atoms with Gasteiger partial charge in [0.2, 0.25) is 0 Å². The number of aromatic nitrogens is 2. The third kappa shape index (κ3) is 2.77. The van der Waals surface area contributed by atoms with Crippen LogP contribution in [-0.2, 0) is 12.8 Å². The number of halogens is 1. The van der Waals surface area contributed by atoms with Crippen molar-refractivity contribution in [2.45, 2.75) is 26.2 Å². The molecule has 3 heterocycles. The van der Waals surface area contributed by atoms with Gasteiger partial charge in [0.15, 0.2) is 5.82 Å². The van der Waals surface area contributed by atoms with Crippen LogP contribution in [-0.4, -0.2) is 9.97 Å². The Morgan fingerprint density at radius 2 is 2.39 bits per heavy atom. The number of nitrogens with one attached hydrogen (secondary N) is 1. The van der Waals surface area contributed by atoms with Crippen molar-refractivity contribution in [1.29, 1.82) is 0 Å². The maximum atomic E-state index is 12.5. The molecule has 1 aliphatic carbocycles. The molecule has 0 aliphatic heterocycles. The van der Waals surface area contributed by atoms with Crippen LogP contribution in [0.15, 0.2) is 21.6 Å². The van der Waals surface area contributed by atoms with E-state index in [1.807, 2.05) is 22.9 Å². The molecule has 3 nitrogen and oxygen atoms in total. The van der Waals surface area contributed by atoms with Crippen LogP contribution >= 0.6 is 34.3 Å². The number of hydrogen-bond acceptors (Lipinski definition) is 4. The molecule has 0 aromatic carbocycles. The Bertz CT molecular complexity index is 953. The van der Waals surface area contributed by atoms with Crippen LogP contribution in [0.1, 0.15) is 35.2 Å². The summed E-state index contributed by atoms with van der Waals surface area (Å²) in [6.45, 7) is 2.26. The maximum absolute atomic E-state index is 12.5. The molecule has 1 N–H and O–H groups in total. The van der Waals surface area contributed by atoms with Gasteiger partial charge >= 0.3 is 0 Å². The van der Waals surface area contributed by atoms with Crippen LogP contribution in [0, 0.1) is 5.92 Å². The monoisotopic (exact) mass is 362 g/mol. The molecule has 0 spiro atoms. The van der Waals surface area contributed by atoms with Crippen molar-refractivity contribution in [3.63, 3.8) is 0 Å². The van der Waals surface area contributed by atoms with Gasteiger partial charge in [0.25, 0.3) is 5.56 Å². The molecule has 1 atom stereocenters. The summed E-state index contributed by atoms with van der Waals surface area (Å²) in [5.74, 6) is 1.12. The highest BCUT2D eigenvalue weighted by molar-refractivity contribution is 7.18. The van der Waals surface area contributed by atoms with E-state index in [1.165, 1.54) is 10.4 Å². The molecule has 0 amide bonds. The summed E-state index contributed by atoms with van der Waals surface area (Å²) in [5, 5.41) is 5.22. The first-order chi connectivity index (χ1) is 11.1. The number of aromatic amines is 1. The van der Waals surface area contributed by atoms with Crippen LogP contribution in [0.5, 0.6) is 0 Å². The van der Waals surface area contributed by atoms with Gasteiger partial charge in [-0.05, 0) is 59.2 Å². The molecular weight excluding hydrogens is 348 g/mol. The lowest BCUT2D eigenvalue weighted by Crippen LogP contribution is -2.14. The summed E-state index contributed by atoms with van der Waals surface area (Å²) in [6, 6.07) is 1.98. The minimum absolute atomic E-state index is 0.0751. The first-order valence-corrected chi connectivity index (χ1v) is 9.70. The van der Waals surface area contributed by atoms with Crippen molar-refractivity contribution in [3.05, 3.63) is 49.0 Å². The van der Waals surface area contributed by atoms with Gasteiger partial charge in [-0.15, -0.1) is 11.3 Å². The van der Waals surface area contributed by atoms with Crippen molar-refractivity contribution < 1.29 is 0 Å². The normalized spacial score (nSPS) is 18.3. The van der Waals surface area contributed by atoms with E-state index in [0.29, 0.717) is 16.8 Å². The van der Waals surface area contributed by atoms with Crippen LogP contribution in [0.3, 0.4) is 0 Å². The zero-order chi connectivity index (χ0) is 16.0. The van der Waals surface area contributed by atoms with Gasteiger partial charge in [0.05, 0.1) is 10.4 Å². The van der Waals surface area contributed by atoms with Crippen molar-refractivity contribution in [2.24, 2.45) is 5.92 Å². The molecule has 118 valence electrons. The van der Waals surface area contributed by atoms with Gasteiger partial charge < -0.3 is 4.98 Å². The standard InChI is InChI=1S/C17H15ClN2OS2/c1-9-2-3-11-13(6-9)23-17-14(11)16(21)19-15(20-17)12(18)7-10-4-5-22-8-10/h4-5,7-9H,2-3,6H2,1H3,(H,19,20,21)/b12-7-/t9-/m0/s1. The van der Waals surface area contributed by atoms with E-state index in [-0.39, 0.29) is 5.56 Å². The minimum atomic E-state index is -0.0751. The summed E-state index contributed by atoms with van der Waals surface area (Å²) < 4.78 is 0. The summed E-state index contributed by atoms with van der Waals surface area (Å²) >= 11 is 9.61. The second-order valence-electron chi connectivity index (χ2n) is 6.00. The molecular formula is C17H15ClN2OS2. The predicted octanol–water partition coefficient (Wildman–Crippen LogP) is 4.91. The molecule has 0 saturated heterocycles. The number of thiophene rings is 2. The average molecular weight is 363 g/mol. The van der Waals surface area contributed by atoms with E-state index >= 15 is 0 Å². The first-order valence-electron chi connectivity index (χ1n) is 7.56. The predicted molar refractivity (Wildman–Crippen MR) is 99.5 cm³/mol. The second kappa shape index (κ2) is 5.89. The van der Waals surface area contributed by atoms with E-state index in [9.17, 15) is 4.79 Å². The molecule has 3 aromatic heterocycles. The molecule has 6 heteroatoms. The molecule has 0 saturated carbocycles. The van der Waals surface area contributed by atoms with Gasteiger partial charge in [0, 0.05) is 4.88 Å². The Morgan fingerprint density at radius 3 is 3.17 bits per heavy atom. The Kier molecular flexibility index (Phi) is 3.87. The molecule has 4 rings (SSSR count). The van der Waals surface area contributed by atoms with E-state index in [1.54, 1.807) is 22.7 Å². The lowest BCUT2D eigenvalue weighted by molar-refractivity contribution is 0.509. The largest absolute Gasteiger partial charge is 0.305 e. The number of fused-ring (bicyclic) bond motifs is 3. The van der Waals surface area contributed by atoms with Gasteiger partial charge in [-0.25, -0.2) is 4.98 Å². The SMILES string of the molecule is C[C@H]1CCc2c(sc3nc(/C(Cl)=C/c4ccsc4)[nH]c(=O)c23)C1. The average Bonchev–Trinajstić information content (AvgIpc) is 3.13. The van der Waals surface area contributed by atoms with Crippen molar-refractivity contribution >= 4 is 55.6 Å². The summed E-state index contributed by atoms with van der Waals surface area (Å²) in [5.41, 5.74) is 2.14. The molecule has 0 bridgehead atoms. The summed E-state index contributed by atoms with van der Waals surface area (Å²) in [7, 11) is 0. The van der Waals surface area contributed by atoms with E-state index < -0.39 is 0 Å². The molecule has 1 aliphatic rings. The third-order valence-electron chi connectivity index (χ3n) is 4.23. The Morgan fingerprint density at radius 1 is 1.52 bits per heavy atom. The fourth-order valence-electron chi connectivity index (χ4n) is 3.03. The lowest BCUT2D eigenvalue weighted by Gasteiger charge is -2.17. The van der Waals surface area contributed by atoms with Gasteiger partial charge in [-0.2, -0.15) is 11.3 Å². The Hall–Kier alpha value is -1.43. The van der Waals surface area contributed by atoms with E-state index in [4.69, 9.17) is 11.6 Å². The molecule has 23 heavy (non-hydrogen) atoms. The van der Waals surface area contributed by atoms with Crippen molar-refractivity contribution in [1.82, 2.24) is 9.97 Å². The van der Waals surface area contributed by atoms with E-state index in [2.05, 4.69) is 16.9 Å². The van der Waals surface area contributed by atoms with Crippen LogP contribution in [0.4, 0.5) is 0 Å². The maximum Gasteiger partial charge on any atom is 0.260 e. The Labute approximate surface area is 146 Å². The van der Waals surface area contributed by atoms with Gasteiger partial charge in [-0.1, -0.05) is 18.5 Å². The van der Waals surface area contributed by atoms with Crippen LogP contribution in [0.2, 0.25) is 0 Å². The number of hydrogen-bond donors (Lipinski definition) is 1. The lowest BCUT2D eigenvalue weighted by atomic mass is 9.89. The molecule has 0 unspecified atom stereocenters. The number of H-pyrrole nitrogens is 1. The van der Waals surface area contributed by atoms with E-state index in [0.717, 1.165) is 35.0 Å². The molecule has 3 aromatic rings. The zero-order valence-electron chi connectivity index (χ0n) is 12.6. The van der Waals surface area contributed by atoms with Gasteiger partial charge in [0.1, 0.15) is 4.83 Å². The number of aryl methyl sites for hydroxylation is 1. The fourth-order valence-corrected chi connectivity index (χ4v) is 5.25. The molecule has 0 radical (unpaired) electrons. The van der Waals surface area contributed by atoms with Gasteiger partial charge in [-0.3, -0.25) is 4.79 Å². The third-order valence-corrected chi connectivity index (χ3v) is 6.37. The summed E-state index contributed by atoms with van der Waals surface area (Å²) in [6.07, 6.45) is 4.99. The number of rotatable bonds is 2. The van der Waals surface area contributed by atoms with Crippen molar-refractivity contribution in [2.75, 3.05) is 0 Å². The Balaban J connectivity index is 1.83. The smallest absolute Gasteiger partial charge is 0.260 e. The highest BCUT2D eigenvalue weighted by atomic mass is 35.5. The quantitative estimate of drug-likeness (QED) is 0.704. The van der Waals surface area contributed by atoms with Crippen molar-refractivity contribution in [3.8, 4) is 0 Å². The highest BCUT2D eigenvalue weighted by Crippen LogP contribution is 2.36.